The molecule has 0 spiro atoms. The highest BCUT2D eigenvalue weighted by Crippen LogP contribution is 2.26. The number of hydrogen-bond acceptors (Lipinski definition) is 2. The monoisotopic (exact) mass is 354 g/mol. The van der Waals surface area contributed by atoms with Gasteiger partial charge in [0.15, 0.2) is 0 Å². The molecular formula is C16H13BrF2O2. The molecule has 110 valence electrons. The summed E-state index contributed by atoms with van der Waals surface area (Å²) in [7, 11) is 1.56. The smallest absolute Gasteiger partial charge is 0.141 e. The van der Waals surface area contributed by atoms with Gasteiger partial charge in [-0.3, -0.25) is 4.79 Å². The SMILES string of the molecule is COc1ccc(CC(=O)Cc2ccc(F)cc2F)cc1Br. The van der Waals surface area contributed by atoms with Gasteiger partial charge in [0.25, 0.3) is 0 Å². The highest BCUT2D eigenvalue weighted by molar-refractivity contribution is 9.10. The van der Waals surface area contributed by atoms with E-state index in [1.54, 1.807) is 25.3 Å². The van der Waals surface area contributed by atoms with Gasteiger partial charge in [0.2, 0.25) is 0 Å². The maximum atomic E-state index is 13.5. The van der Waals surface area contributed by atoms with Crippen LogP contribution in [-0.2, 0) is 17.6 Å². The molecular weight excluding hydrogens is 342 g/mol. The molecule has 0 aliphatic rings. The first-order valence-electron chi connectivity index (χ1n) is 6.27. The molecule has 2 aromatic rings. The van der Waals surface area contributed by atoms with Gasteiger partial charge in [0.05, 0.1) is 11.6 Å². The summed E-state index contributed by atoms with van der Waals surface area (Å²) in [6.45, 7) is 0. The normalized spacial score (nSPS) is 10.5. The molecule has 0 unspecified atom stereocenters. The fourth-order valence-electron chi connectivity index (χ4n) is 1.99. The first-order chi connectivity index (χ1) is 9.99. The molecule has 0 heterocycles. The van der Waals surface area contributed by atoms with E-state index in [-0.39, 0.29) is 24.2 Å². The number of ketones is 1. The quantitative estimate of drug-likeness (QED) is 0.808. The number of ether oxygens (including phenoxy) is 1. The summed E-state index contributed by atoms with van der Waals surface area (Å²) in [6, 6.07) is 8.56. The van der Waals surface area contributed by atoms with Gasteiger partial charge in [-0.1, -0.05) is 12.1 Å². The van der Waals surface area contributed by atoms with Crippen LogP contribution in [0.2, 0.25) is 0 Å². The topological polar surface area (TPSA) is 26.3 Å². The molecule has 0 amide bonds. The standard InChI is InChI=1S/C16H13BrF2O2/c1-21-16-5-2-10(7-14(16)17)6-13(20)8-11-3-4-12(18)9-15(11)19/h2-5,7,9H,6,8H2,1H3. The van der Waals surface area contributed by atoms with Crippen LogP contribution >= 0.6 is 15.9 Å². The van der Waals surface area contributed by atoms with Crippen LogP contribution in [0.25, 0.3) is 0 Å². The van der Waals surface area contributed by atoms with Crippen molar-refractivity contribution < 1.29 is 18.3 Å². The van der Waals surface area contributed by atoms with E-state index >= 15 is 0 Å². The van der Waals surface area contributed by atoms with Gasteiger partial charge in [-0.2, -0.15) is 0 Å². The minimum atomic E-state index is -0.695. The van der Waals surface area contributed by atoms with E-state index in [2.05, 4.69) is 15.9 Å². The first-order valence-corrected chi connectivity index (χ1v) is 7.07. The predicted octanol–water partition coefficient (Wildman–Crippen LogP) is 4.09. The van der Waals surface area contributed by atoms with Crippen molar-refractivity contribution in [3.8, 4) is 5.75 Å². The van der Waals surface area contributed by atoms with Gasteiger partial charge in [-0.15, -0.1) is 0 Å². The second-order valence-electron chi connectivity index (χ2n) is 4.60. The molecule has 2 nitrogen and oxygen atoms in total. The molecule has 0 aliphatic carbocycles. The highest BCUT2D eigenvalue weighted by Gasteiger charge is 2.11. The molecule has 0 radical (unpaired) electrons. The second-order valence-corrected chi connectivity index (χ2v) is 5.45. The third kappa shape index (κ3) is 4.11. The minimum absolute atomic E-state index is 0.0598. The van der Waals surface area contributed by atoms with Crippen LogP contribution in [0.15, 0.2) is 40.9 Å². The number of Topliss-reactive ketones (excluding diaryl/α,β-unsaturated/α-hetero) is 1. The van der Waals surface area contributed by atoms with Gasteiger partial charge >= 0.3 is 0 Å². The third-order valence-electron chi connectivity index (χ3n) is 3.02. The van der Waals surface area contributed by atoms with Crippen LogP contribution in [0.1, 0.15) is 11.1 Å². The first kappa shape index (κ1) is 15.6. The van der Waals surface area contributed by atoms with E-state index in [9.17, 15) is 13.6 Å². The summed E-state index contributed by atoms with van der Waals surface area (Å²) < 4.78 is 32.2. The summed E-state index contributed by atoms with van der Waals surface area (Å²) in [5.74, 6) is -0.810. The summed E-state index contributed by atoms with van der Waals surface area (Å²) >= 11 is 3.35. The minimum Gasteiger partial charge on any atom is -0.496 e. The fourth-order valence-corrected chi connectivity index (χ4v) is 2.58. The van der Waals surface area contributed by atoms with Gasteiger partial charge in [-0.25, -0.2) is 8.78 Å². The van der Waals surface area contributed by atoms with Gasteiger partial charge in [-0.05, 0) is 45.3 Å². The van der Waals surface area contributed by atoms with Crippen molar-refractivity contribution in [2.24, 2.45) is 0 Å². The van der Waals surface area contributed by atoms with E-state index in [1.165, 1.54) is 6.07 Å². The van der Waals surface area contributed by atoms with Crippen LogP contribution in [0.4, 0.5) is 8.78 Å². The lowest BCUT2D eigenvalue weighted by atomic mass is 10.0. The zero-order chi connectivity index (χ0) is 15.4. The average molecular weight is 355 g/mol. The Bertz CT molecular complexity index is 671. The lowest BCUT2D eigenvalue weighted by Crippen LogP contribution is -2.08. The number of rotatable bonds is 5. The Hall–Kier alpha value is -1.75. The van der Waals surface area contributed by atoms with Crippen molar-refractivity contribution in [3.05, 3.63) is 63.6 Å². The maximum absolute atomic E-state index is 13.5. The Kier molecular flexibility index (Phi) is 5.07. The molecule has 0 saturated carbocycles. The Morgan fingerprint density at radius 2 is 1.90 bits per heavy atom. The van der Waals surface area contributed by atoms with Crippen molar-refractivity contribution >= 4 is 21.7 Å². The summed E-state index contributed by atoms with van der Waals surface area (Å²) in [5.41, 5.74) is 1.00. The molecule has 0 bridgehead atoms. The van der Waals surface area contributed by atoms with Crippen molar-refractivity contribution in [2.75, 3.05) is 7.11 Å². The zero-order valence-electron chi connectivity index (χ0n) is 11.3. The molecule has 0 N–H and O–H groups in total. The summed E-state index contributed by atoms with van der Waals surface area (Å²) in [4.78, 5) is 12.0. The van der Waals surface area contributed by atoms with Gasteiger partial charge in [0, 0.05) is 18.9 Å². The molecule has 0 aliphatic heterocycles. The average Bonchev–Trinajstić information content (AvgIpc) is 2.42. The largest absolute Gasteiger partial charge is 0.496 e. The van der Waals surface area contributed by atoms with Crippen molar-refractivity contribution in [2.45, 2.75) is 12.8 Å². The van der Waals surface area contributed by atoms with E-state index in [0.717, 1.165) is 22.2 Å². The maximum Gasteiger partial charge on any atom is 0.141 e. The van der Waals surface area contributed by atoms with E-state index in [1.807, 2.05) is 0 Å². The van der Waals surface area contributed by atoms with Crippen LogP contribution in [-0.4, -0.2) is 12.9 Å². The van der Waals surface area contributed by atoms with Gasteiger partial charge in [0.1, 0.15) is 23.2 Å². The highest BCUT2D eigenvalue weighted by atomic mass is 79.9. The molecule has 0 atom stereocenters. The van der Waals surface area contributed by atoms with E-state index < -0.39 is 11.6 Å². The second kappa shape index (κ2) is 6.80. The van der Waals surface area contributed by atoms with Crippen molar-refractivity contribution in [1.29, 1.82) is 0 Å². The molecule has 21 heavy (non-hydrogen) atoms. The number of benzene rings is 2. The Balaban J connectivity index is 2.06. The zero-order valence-corrected chi connectivity index (χ0v) is 12.9. The Morgan fingerprint density at radius 3 is 2.52 bits per heavy atom. The van der Waals surface area contributed by atoms with Crippen molar-refractivity contribution in [1.82, 2.24) is 0 Å². The van der Waals surface area contributed by atoms with Crippen molar-refractivity contribution in [3.63, 3.8) is 0 Å². The van der Waals surface area contributed by atoms with E-state index in [4.69, 9.17) is 4.74 Å². The number of hydrogen-bond donors (Lipinski definition) is 0. The van der Waals surface area contributed by atoms with E-state index in [0.29, 0.717) is 5.75 Å². The fraction of sp³-hybridized carbons (Fsp3) is 0.188. The summed E-state index contributed by atoms with van der Waals surface area (Å²) in [5, 5.41) is 0. The molecule has 2 aromatic carbocycles. The molecule has 5 heteroatoms. The van der Waals surface area contributed by atoms with Gasteiger partial charge < -0.3 is 4.74 Å². The predicted molar refractivity (Wildman–Crippen MR) is 79.5 cm³/mol. The van der Waals surface area contributed by atoms with Crippen LogP contribution < -0.4 is 4.74 Å². The number of methoxy groups -OCH3 is 1. The molecule has 0 aromatic heterocycles. The lowest BCUT2D eigenvalue weighted by molar-refractivity contribution is -0.117. The Labute approximate surface area is 129 Å². The number of halogens is 3. The third-order valence-corrected chi connectivity index (χ3v) is 3.64. The van der Waals surface area contributed by atoms with Crippen LogP contribution in [0, 0.1) is 11.6 Å². The lowest BCUT2D eigenvalue weighted by Gasteiger charge is -2.07. The molecule has 0 saturated heterocycles. The number of carbonyl (C=O) groups excluding carboxylic acids is 1. The molecule has 2 rings (SSSR count). The Morgan fingerprint density at radius 1 is 1.14 bits per heavy atom. The summed E-state index contributed by atoms with van der Waals surface area (Å²) in [6.07, 6.45) is 0.120. The van der Waals surface area contributed by atoms with Crippen LogP contribution in [0.3, 0.4) is 0 Å². The van der Waals surface area contributed by atoms with Crippen LogP contribution in [0.5, 0.6) is 5.75 Å². The molecule has 0 fully saturated rings. The number of carbonyl (C=O) groups is 1.